The van der Waals surface area contributed by atoms with Crippen LogP contribution < -0.4 is 9.62 Å². The van der Waals surface area contributed by atoms with Gasteiger partial charge in [-0.2, -0.15) is 0 Å². The molecule has 0 aliphatic carbocycles. The number of benzene rings is 2. The zero-order valence-corrected chi connectivity index (χ0v) is 12.1. The van der Waals surface area contributed by atoms with Crippen molar-refractivity contribution < 1.29 is 0 Å². The van der Waals surface area contributed by atoms with E-state index in [-0.39, 0.29) is 0 Å². The largest absolute Gasteiger partial charge is 0.371 e. The molecule has 1 heterocycles. The van der Waals surface area contributed by atoms with Gasteiger partial charge in [-0.25, -0.2) is 0 Å². The van der Waals surface area contributed by atoms with E-state index in [4.69, 9.17) is 0 Å². The molecular formula is C16H20N2S. The molecule has 3 heteroatoms. The summed E-state index contributed by atoms with van der Waals surface area (Å²) in [5, 5.41) is 2.71. The van der Waals surface area contributed by atoms with Crippen LogP contribution in [-0.2, 0) is 0 Å². The number of hydrogen-bond acceptors (Lipinski definition) is 3. The van der Waals surface area contributed by atoms with Crippen LogP contribution in [0.5, 0.6) is 0 Å². The summed E-state index contributed by atoms with van der Waals surface area (Å²) in [4.78, 5) is 2.53. The highest BCUT2D eigenvalue weighted by atomic mass is 32.2. The van der Waals surface area contributed by atoms with E-state index in [0.29, 0.717) is 6.04 Å². The van der Waals surface area contributed by atoms with Crippen LogP contribution >= 0.6 is 11.9 Å². The Morgan fingerprint density at radius 2 is 1.79 bits per heavy atom. The Kier molecular flexibility index (Phi) is 3.95. The van der Waals surface area contributed by atoms with Gasteiger partial charge in [0.05, 0.1) is 0 Å². The SMILES string of the molecule is CSNC1CCN(c2cccc3ccccc23)CC1. The summed E-state index contributed by atoms with van der Waals surface area (Å²) < 4.78 is 3.48. The molecular weight excluding hydrogens is 252 g/mol. The first-order chi connectivity index (χ1) is 9.38. The van der Waals surface area contributed by atoms with E-state index in [1.165, 1.54) is 29.3 Å². The Hall–Kier alpha value is -1.19. The Morgan fingerprint density at radius 3 is 2.58 bits per heavy atom. The van der Waals surface area contributed by atoms with Crippen molar-refractivity contribution in [1.82, 2.24) is 4.72 Å². The van der Waals surface area contributed by atoms with E-state index in [0.717, 1.165) is 13.1 Å². The van der Waals surface area contributed by atoms with Crippen molar-refractivity contribution in [1.29, 1.82) is 0 Å². The summed E-state index contributed by atoms with van der Waals surface area (Å²) in [6.45, 7) is 2.29. The molecule has 0 unspecified atom stereocenters. The van der Waals surface area contributed by atoms with Gasteiger partial charge in [-0.1, -0.05) is 48.3 Å². The van der Waals surface area contributed by atoms with Crippen LogP contribution in [0.25, 0.3) is 10.8 Å². The molecule has 0 bridgehead atoms. The number of nitrogens with zero attached hydrogens (tertiary/aromatic N) is 1. The third-order valence-electron chi connectivity index (χ3n) is 3.89. The van der Waals surface area contributed by atoms with Crippen molar-refractivity contribution in [2.45, 2.75) is 18.9 Å². The van der Waals surface area contributed by atoms with Crippen LogP contribution in [0.15, 0.2) is 42.5 Å². The Labute approximate surface area is 119 Å². The first kappa shape index (κ1) is 12.8. The lowest BCUT2D eigenvalue weighted by Gasteiger charge is -2.34. The summed E-state index contributed by atoms with van der Waals surface area (Å²) in [5.41, 5.74) is 1.39. The van der Waals surface area contributed by atoms with Gasteiger partial charge in [0.1, 0.15) is 0 Å². The maximum atomic E-state index is 3.48. The molecule has 2 nitrogen and oxygen atoms in total. The lowest BCUT2D eigenvalue weighted by molar-refractivity contribution is 0.480. The lowest BCUT2D eigenvalue weighted by atomic mass is 10.0. The van der Waals surface area contributed by atoms with Crippen LogP contribution in [0.4, 0.5) is 5.69 Å². The molecule has 1 fully saturated rings. The van der Waals surface area contributed by atoms with E-state index < -0.39 is 0 Å². The van der Waals surface area contributed by atoms with Crippen LogP contribution in [0, 0.1) is 0 Å². The highest BCUT2D eigenvalue weighted by Gasteiger charge is 2.19. The average molecular weight is 272 g/mol. The number of nitrogens with one attached hydrogen (secondary N) is 1. The minimum Gasteiger partial charge on any atom is -0.371 e. The fourth-order valence-corrected chi connectivity index (χ4v) is 3.46. The molecule has 19 heavy (non-hydrogen) atoms. The van der Waals surface area contributed by atoms with Crippen molar-refractivity contribution in [2.75, 3.05) is 24.2 Å². The molecule has 1 N–H and O–H groups in total. The van der Waals surface area contributed by atoms with Crippen molar-refractivity contribution in [3.63, 3.8) is 0 Å². The highest BCUT2D eigenvalue weighted by Crippen LogP contribution is 2.29. The number of piperidine rings is 1. The summed E-state index contributed by atoms with van der Waals surface area (Å²) in [6, 6.07) is 16.0. The Bertz CT molecular complexity index is 542. The number of hydrogen-bond donors (Lipinski definition) is 1. The summed E-state index contributed by atoms with van der Waals surface area (Å²) in [7, 11) is 0. The minimum absolute atomic E-state index is 0.668. The van der Waals surface area contributed by atoms with Crippen LogP contribution in [-0.4, -0.2) is 25.4 Å². The van der Waals surface area contributed by atoms with Gasteiger partial charge in [-0.15, -0.1) is 0 Å². The molecule has 0 aromatic heterocycles. The third kappa shape index (κ3) is 2.72. The van der Waals surface area contributed by atoms with Gasteiger partial charge in [-0.3, -0.25) is 4.72 Å². The minimum atomic E-state index is 0.668. The van der Waals surface area contributed by atoms with E-state index in [2.05, 4.69) is 58.3 Å². The van der Waals surface area contributed by atoms with E-state index in [9.17, 15) is 0 Å². The molecule has 0 radical (unpaired) electrons. The van der Waals surface area contributed by atoms with Crippen LogP contribution in [0.2, 0.25) is 0 Å². The topological polar surface area (TPSA) is 15.3 Å². The maximum absolute atomic E-state index is 3.48. The van der Waals surface area contributed by atoms with Gasteiger partial charge in [0.2, 0.25) is 0 Å². The third-order valence-corrected chi connectivity index (χ3v) is 4.46. The number of fused-ring (bicyclic) bond motifs is 1. The monoisotopic (exact) mass is 272 g/mol. The predicted octanol–water partition coefficient (Wildman–Crippen LogP) is 3.68. The average Bonchev–Trinajstić information content (AvgIpc) is 2.48. The molecule has 2 aromatic rings. The second kappa shape index (κ2) is 5.85. The lowest BCUT2D eigenvalue weighted by Crippen LogP contribution is -2.40. The first-order valence-electron chi connectivity index (χ1n) is 6.89. The van der Waals surface area contributed by atoms with Crippen molar-refractivity contribution in [2.24, 2.45) is 0 Å². The quantitative estimate of drug-likeness (QED) is 0.858. The number of rotatable bonds is 3. The van der Waals surface area contributed by atoms with Crippen molar-refractivity contribution in [3.8, 4) is 0 Å². The molecule has 1 saturated heterocycles. The van der Waals surface area contributed by atoms with Gasteiger partial charge in [-0.05, 0) is 30.6 Å². The normalized spacial score (nSPS) is 17.0. The molecule has 2 aromatic carbocycles. The molecule has 0 atom stereocenters. The van der Waals surface area contributed by atoms with Gasteiger partial charge in [0, 0.05) is 30.2 Å². The fraction of sp³-hybridized carbons (Fsp3) is 0.375. The fourth-order valence-electron chi connectivity index (χ4n) is 2.89. The van der Waals surface area contributed by atoms with E-state index in [1.807, 2.05) is 0 Å². The van der Waals surface area contributed by atoms with Gasteiger partial charge < -0.3 is 4.90 Å². The Morgan fingerprint density at radius 1 is 1.05 bits per heavy atom. The van der Waals surface area contributed by atoms with Gasteiger partial charge in [0.15, 0.2) is 0 Å². The molecule has 0 spiro atoms. The molecule has 100 valence electrons. The van der Waals surface area contributed by atoms with E-state index in [1.54, 1.807) is 11.9 Å². The van der Waals surface area contributed by atoms with Crippen molar-refractivity contribution >= 4 is 28.4 Å². The maximum Gasteiger partial charge on any atom is 0.0445 e. The molecule has 3 rings (SSSR count). The summed E-state index contributed by atoms with van der Waals surface area (Å²) in [5.74, 6) is 0. The standard InChI is InChI=1S/C16H20N2S/c1-19-17-14-9-11-18(12-10-14)16-8-4-6-13-5-2-3-7-15(13)16/h2-8,14,17H,9-12H2,1H3. The Balaban J connectivity index is 1.82. The summed E-state index contributed by atoms with van der Waals surface area (Å²) >= 11 is 1.74. The van der Waals surface area contributed by atoms with Crippen molar-refractivity contribution in [3.05, 3.63) is 42.5 Å². The second-order valence-corrected chi connectivity index (χ2v) is 5.73. The molecule has 0 amide bonds. The van der Waals surface area contributed by atoms with E-state index >= 15 is 0 Å². The zero-order valence-electron chi connectivity index (χ0n) is 11.3. The first-order valence-corrected chi connectivity index (χ1v) is 8.12. The van der Waals surface area contributed by atoms with Crippen LogP contribution in [0.3, 0.4) is 0 Å². The number of anilines is 1. The predicted molar refractivity (Wildman–Crippen MR) is 85.8 cm³/mol. The van der Waals surface area contributed by atoms with Gasteiger partial charge >= 0.3 is 0 Å². The molecule has 0 saturated carbocycles. The molecule has 1 aliphatic heterocycles. The van der Waals surface area contributed by atoms with Crippen LogP contribution in [0.1, 0.15) is 12.8 Å². The smallest absolute Gasteiger partial charge is 0.0445 e. The van der Waals surface area contributed by atoms with Gasteiger partial charge in [0.25, 0.3) is 0 Å². The second-order valence-electron chi connectivity index (χ2n) is 5.08. The zero-order chi connectivity index (χ0) is 13.1. The highest BCUT2D eigenvalue weighted by molar-refractivity contribution is 7.96. The summed E-state index contributed by atoms with van der Waals surface area (Å²) in [6.07, 6.45) is 4.56. The molecule has 1 aliphatic rings.